The summed E-state index contributed by atoms with van der Waals surface area (Å²) in [5.41, 5.74) is 1.36. The Hall–Kier alpha value is -2.57. The highest BCUT2D eigenvalue weighted by Crippen LogP contribution is 2.47. The Bertz CT molecular complexity index is 1070. The molecule has 2 aliphatic rings. The second-order valence-corrected chi connectivity index (χ2v) is 9.23. The number of nitrogens with zero attached hydrogens (tertiary/aromatic N) is 1. The highest BCUT2D eigenvalue weighted by molar-refractivity contribution is 6.35. The Morgan fingerprint density at radius 3 is 2.47 bits per heavy atom. The van der Waals surface area contributed by atoms with E-state index in [0.717, 1.165) is 12.8 Å². The fourth-order valence-corrected chi connectivity index (χ4v) is 5.65. The zero-order valence-electron chi connectivity index (χ0n) is 17.6. The Labute approximate surface area is 196 Å². The Kier molecular flexibility index (Phi) is 6.45. The summed E-state index contributed by atoms with van der Waals surface area (Å²) in [6.07, 6.45) is 3.18. The highest BCUT2D eigenvalue weighted by atomic mass is 35.5. The number of hydrogen-bond acceptors (Lipinski definition) is 3. The maximum absolute atomic E-state index is 13.8. The van der Waals surface area contributed by atoms with Crippen LogP contribution in [0.4, 0.5) is 0 Å². The average molecular weight is 475 g/mol. The highest BCUT2D eigenvalue weighted by Gasteiger charge is 2.49. The van der Waals surface area contributed by atoms with E-state index in [1.807, 2.05) is 0 Å². The van der Waals surface area contributed by atoms with Crippen molar-refractivity contribution in [2.45, 2.75) is 56.7 Å². The molecule has 2 amide bonds. The number of fused-ring (bicyclic) bond motifs is 1. The van der Waals surface area contributed by atoms with Crippen molar-refractivity contribution in [1.29, 1.82) is 0 Å². The molecule has 168 valence electrons. The molecule has 0 radical (unpaired) electrons. The molecular formula is C24H24Cl2N2O4. The molecule has 8 heteroatoms. The third-order valence-electron chi connectivity index (χ3n) is 6.40. The standard InChI is InChI=1S/C24H24Cl2N2O4/c1-13(29)27-19-8-4-5-9-20(19)28-22(17-11-10-14(25)12-18(17)26)21(24(31)32)15-6-2-3-7-16(15)23(28)30/h2-3,6-7,10-12,19-22H,4-5,8-9H2,1H3,(H,27,29)(H,31,32)/t19-,20-,21+,22-/m0/s1. The van der Waals surface area contributed by atoms with Crippen LogP contribution >= 0.6 is 23.2 Å². The number of benzene rings is 2. The van der Waals surface area contributed by atoms with Gasteiger partial charge in [-0.25, -0.2) is 0 Å². The molecule has 1 fully saturated rings. The van der Waals surface area contributed by atoms with Crippen molar-refractivity contribution in [2.75, 3.05) is 0 Å². The van der Waals surface area contributed by atoms with Crippen molar-refractivity contribution in [3.05, 3.63) is 69.2 Å². The second-order valence-electron chi connectivity index (χ2n) is 8.39. The fraction of sp³-hybridized carbons (Fsp3) is 0.375. The summed E-state index contributed by atoms with van der Waals surface area (Å²) < 4.78 is 0. The smallest absolute Gasteiger partial charge is 0.313 e. The number of nitrogens with one attached hydrogen (secondary N) is 1. The summed E-state index contributed by atoms with van der Waals surface area (Å²) in [5, 5.41) is 14.0. The Morgan fingerprint density at radius 1 is 1.06 bits per heavy atom. The van der Waals surface area contributed by atoms with Gasteiger partial charge in [0.1, 0.15) is 5.92 Å². The van der Waals surface area contributed by atoms with Gasteiger partial charge >= 0.3 is 5.97 Å². The number of rotatable bonds is 4. The maximum Gasteiger partial charge on any atom is 0.313 e. The van der Waals surface area contributed by atoms with Crippen LogP contribution in [0.5, 0.6) is 0 Å². The Morgan fingerprint density at radius 2 is 1.78 bits per heavy atom. The molecule has 1 aliphatic heterocycles. The van der Waals surface area contributed by atoms with Crippen LogP contribution in [0.1, 0.15) is 66.1 Å². The van der Waals surface area contributed by atoms with E-state index >= 15 is 0 Å². The fourth-order valence-electron chi connectivity index (χ4n) is 5.13. The van der Waals surface area contributed by atoms with Crippen LogP contribution in [0.15, 0.2) is 42.5 Å². The van der Waals surface area contributed by atoms with Crippen LogP contribution in [-0.4, -0.2) is 39.9 Å². The average Bonchev–Trinajstić information content (AvgIpc) is 2.74. The van der Waals surface area contributed by atoms with Gasteiger partial charge in [0.2, 0.25) is 5.91 Å². The quantitative estimate of drug-likeness (QED) is 0.665. The molecular weight excluding hydrogens is 451 g/mol. The molecule has 0 spiro atoms. The lowest BCUT2D eigenvalue weighted by molar-refractivity contribution is -0.141. The van der Waals surface area contributed by atoms with Gasteiger partial charge in [-0.05, 0) is 42.2 Å². The summed E-state index contributed by atoms with van der Waals surface area (Å²) in [6, 6.07) is 10.3. The van der Waals surface area contributed by atoms with E-state index < -0.39 is 17.9 Å². The van der Waals surface area contributed by atoms with E-state index in [4.69, 9.17) is 23.2 Å². The van der Waals surface area contributed by atoms with Crippen LogP contribution in [-0.2, 0) is 9.59 Å². The topological polar surface area (TPSA) is 86.7 Å². The lowest BCUT2D eigenvalue weighted by Gasteiger charge is -2.48. The predicted octanol–water partition coefficient (Wildman–Crippen LogP) is 4.81. The van der Waals surface area contributed by atoms with Gasteiger partial charge < -0.3 is 15.3 Å². The SMILES string of the molecule is CC(=O)N[C@H]1CCCC[C@@H]1N1C(=O)c2ccccc2[C@@H](C(=O)O)[C@@H]1c1ccc(Cl)cc1Cl. The normalized spacial score (nSPS) is 25.2. The molecule has 2 aromatic rings. The molecule has 32 heavy (non-hydrogen) atoms. The summed E-state index contributed by atoms with van der Waals surface area (Å²) in [6.45, 7) is 1.45. The molecule has 4 rings (SSSR count). The first-order valence-corrected chi connectivity index (χ1v) is 11.4. The number of carbonyl (C=O) groups excluding carboxylic acids is 2. The Balaban J connectivity index is 1.92. The maximum atomic E-state index is 13.8. The summed E-state index contributed by atoms with van der Waals surface area (Å²) in [4.78, 5) is 40.0. The second kappa shape index (κ2) is 9.12. The van der Waals surface area contributed by atoms with Crippen molar-refractivity contribution >= 4 is 41.0 Å². The van der Waals surface area contributed by atoms with Gasteiger partial charge in [0, 0.05) is 28.6 Å². The van der Waals surface area contributed by atoms with Gasteiger partial charge in [-0.2, -0.15) is 0 Å². The third kappa shape index (κ3) is 4.09. The zero-order valence-corrected chi connectivity index (χ0v) is 19.1. The van der Waals surface area contributed by atoms with E-state index in [9.17, 15) is 19.5 Å². The molecule has 0 bridgehead atoms. The molecule has 4 atom stereocenters. The van der Waals surface area contributed by atoms with Gasteiger partial charge in [-0.3, -0.25) is 14.4 Å². The molecule has 6 nitrogen and oxygen atoms in total. The monoisotopic (exact) mass is 474 g/mol. The largest absolute Gasteiger partial charge is 0.481 e. The van der Waals surface area contributed by atoms with E-state index in [-0.39, 0.29) is 23.9 Å². The van der Waals surface area contributed by atoms with Crippen molar-refractivity contribution in [3.63, 3.8) is 0 Å². The minimum absolute atomic E-state index is 0.178. The molecule has 0 unspecified atom stereocenters. The van der Waals surface area contributed by atoms with E-state index in [1.165, 1.54) is 6.92 Å². The van der Waals surface area contributed by atoms with Gasteiger partial charge in [0.15, 0.2) is 0 Å². The predicted molar refractivity (Wildman–Crippen MR) is 122 cm³/mol. The van der Waals surface area contributed by atoms with E-state index in [0.29, 0.717) is 39.6 Å². The number of aliphatic carboxylic acids is 1. The summed E-state index contributed by atoms with van der Waals surface area (Å²) in [7, 11) is 0. The van der Waals surface area contributed by atoms with Crippen LogP contribution in [0.3, 0.4) is 0 Å². The lowest BCUT2D eigenvalue weighted by atomic mass is 9.77. The minimum atomic E-state index is -1.04. The van der Waals surface area contributed by atoms with Crippen molar-refractivity contribution in [3.8, 4) is 0 Å². The van der Waals surface area contributed by atoms with Crippen LogP contribution in [0, 0.1) is 0 Å². The van der Waals surface area contributed by atoms with E-state index in [2.05, 4.69) is 5.32 Å². The number of carboxylic acid groups (broad SMARTS) is 1. The first-order valence-electron chi connectivity index (χ1n) is 10.7. The van der Waals surface area contributed by atoms with Crippen molar-refractivity contribution in [1.82, 2.24) is 10.2 Å². The lowest BCUT2D eigenvalue weighted by Crippen LogP contribution is -2.58. The van der Waals surface area contributed by atoms with Gasteiger partial charge in [0.25, 0.3) is 5.91 Å². The number of halogens is 2. The molecule has 1 saturated carbocycles. The van der Waals surface area contributed by atoms with Crippen molar-refractivity contribution in [2.24, 2.45) is 0 Å². The van der Waals surface area contributed by atoms with Crippen LogP contribution in [0.25, 0.3) is 0 Å². The van der Waals surface area contributed by atoms with Gasteiger partial charge in [-0.15, -0.1) is 0 Å². The number of hydrogen-bond donors (Lipinski definition) is 2. The van der Waals surface area contributed by atoms with Gasteiger partial charge in [-0.1, -0.05) is 60.3 Å². The number of carboxylic acids is 1. The van der Waals surface area contributed by atoms with Gasteiger partial charge in [0.05, 0.1) is 12.1 Å². The molecule has 1 aliphatic carbocycles. The molecule has 1 heterocycles. The van der Waals surface area contributed by atoms with Crippen LogP contribution in [0.2, 0.25) is 10.0 Å². The third-order valence-corrected chi connectivity index (χ3v) is 6.96. The zero-order chi connectivity index (χ0) is 23.0. The first-order chi connectivity index (χ1) is 15.3. The molecule has 0 aromatic heterocycles. The van der Waals surface area contributed by atoms with E-state index in [1.54, 1.807) is 47.4 Å². The molecule has 2 N–H and O–H groups in total. The molecule has 0 saturated heterocycles. The van der Waals surface area contributed by atoms with Crippen molar-refractivity contribution < 1.29 is 19.5 Å². The number of amides is 2. The number of carbonyl (C=O) groups is 3. The summed E-state index contributed by atoms with van der Waals surface area (Å²) >= 11 is 12.6. The first kappa shape index (κ1) is 22.6. The van der Waals surface area contributed by atoms with Crippen LogP contribution < -0.4 is 5.32 Å². The molecule has 2 aromatic carbocycles. The minimum Gasteiger partial charge on any atom is -0.481 e. The summed E-state index contributed by atoms with van der Waals surface area (Å²) in [5.74, 6) is -2.49.